The zero-order chi connectivity index (χ0) is 10.1. The third-order valence-corrected chi connectivity index (χ3v) is 2.36. The van der Waals surface area contributed by atoms with E-state index in [0.717, 1.165) is 0 Å². The summed E-state index contributed by atoms with van der Waals surface area (Å²) in [7, 11) is 0. The zero-order valence-electron chi connectivity index (χ0n) is 7.60. The smallest absolute Gasteiger partial charge is 0.245 e. The fourth-order valence-corrected chi connectivity index (χ4v) is 1.50. The van der Waals surface area contributed by atoms with Gasteiger partial charge < -0.3 is 25.2 Å². The summed E-state index contributed by atoms with van der Waals surface area (Å²) >= 11 is 0. The summed E-state index contributed by atoms with van der Waals surface area (Å²) in [5.74, 6) is -4.61. The maximum atomic E-state index is 9.69. The number of hydrogen-bond acceptors (Lipinski definition) is 5. The minimum Gasteiger partial charge on any atom is -0.387 e. The fourth-order valence-electron chi connectivity index (χ4n) is 1.50. The van der Waals surface area contributed by atoms with E-state index in [1.165, 1.54) is 0 Å². The Morgan fingerprint density at radius 1 is 1.38 bits per heavy atom. The molecule has 5 nitrogen and oxygen atoms in total. The molecule has 0 saturated carbocycles. The summed E-state index contributed by atoms with van der Waals surface area (Å²) in [6, 6.07) is 0. The van der Waals surface area contributed by atoms with Gasteiger partial charge in [0.1, 0.15) is 6.10 Å². The molecule has 2 unspecified atom stereocenters. The lowest BCUT2D eigenvalue weighted by atomic mass is 9.91. The molecule has 0 spiro atoms. The Hall–Kier alpha value is -0.200. The molecule has 1 heterocycles. The zero-order valence-corrected chi connectivity index (χ0v) is 7.60. The Balaban J connectivity index is 2.81. The summed E-state index contributed by atoms with van der Waals surface area (Å²) in [6.45, 7) is 1.90. The van der Waals surface area contributed by atoms with E-state index in [1.807, 2.05) is 0 Å². The number of aliphatic hydroxyl groups excluding tert-OH is 1. The van der Waals surface area contributed by atoms with Crippen LogP contribution in [0.4, 0.5) is 0 Å². The first-order valence-corrected chi connectivity index (χ1v) is 4.43. The molecule has 1 saturated heterocycles. The van der Waals surface area contributed by atoms with Crippen molar-refractivity contribution in [2.45, 2.75) is 43.9 Å². The highest BCUT2D eigenvalue weighted by molar-refractivity contribution is 4.93. The highest BCUT2D eigenvalue weighted by atomic mass is 16.7. The van der Waals surface area contributed by atoms with Gasteiger partial charge in [-0.25, -0.2) is 0 Å². The van der Waals surface area contributed by atoms with Gasteiger partial charge in [0, 0.05) is 12.8 Å². The summed E-state index contributed by atoms with van der Waals surface area (Å²) in [4.78, 5) is 0. The van der Waals surface area contributed by atoms with Gasteiger partial charge in [0.15, 0.2) is 0 Å². The first-order valence-electron chi connectivity index (χ1n) is 4.43. The van der Waals surface area contributed by atoms with Crippen LogP contribution in [0.15, 0.2) is 0 Å². The van der Waals surface area contributed by atoms with Crippen LogP contribution in [-0.2, 0) is 4.74 Å². The Morgan fingerprint density at radius 2 is 2.00 bits per heavy atom. The van der Waals surface area contributed by atoms with Gasteiger partial charge in [0.05, 0.1) is 6.61 Å². The van der Waals surface area contributed by atoms with E-state index in [-0.39, 0.29) is 19.4 Å². The third-order valence-electron chi connectivity index (χ3n) is 2.36. The molecule has 0 aliphatic carbocycles. The van der Waals surface area contributed by atoms with Crippen LogP contribution in [0.25, 0.3) is 0 Å². The van der Waals surface area contributed by atoms with Crippen molar-refractivity contribution in [1.29, 1.82) is 0 Å². The Bertz CT molecular complexity index is 177. The monoisotopic (exact) mass is 192 g/mol. The molecule has 0 bridgehead atoms. The minimum absolute atomic E-state index is 0.0804. The Kier molecular flexibility index (Phi) is 2.94. The van der Waals surface area contributed by atoms with Crippen molar-refractivity contribution in [3.63, 3.8) is 0 Å². The standard InChI is InChI=1S/C8H16O5/c1-2-4-7(10)8(11,12)6(9)3-5-13-7/h6,9-12H,2-5H2,1H3. The van der Waals surface area contributed by atoms with E-state index in [1.54, 1.807) is 6.92 Å². The summed E-state index contributed by atoms with van der Waals surface area (Å²) in [5.41, 5.74) is 0. The van der Waals surface area contributed by atoms with Crippen molar-refractivity contribution >= 4 is 0 Å². The molecular weight excluding hydrogens is 176 g/mol. The lowest BCUT2D eigenvalue weighted by molar-refractivity contribution is -0.419. The largest absolute Gasteiger partial charge is 0.387 e. The second kappa shape index (κ2) is 3.51. The van der Waals surface area contributed by atoms with Crippen LogP contribution in [0.5, 0.6) is 0 Å². The van der Waals surface area contributed by atoms with Gasteiger partial charge in [-0.3, -0.25) is 0 Å². The van der Waals surface area contributed by atoms with E-state index in [2.05, 4.69) is 0 Å². The number of rotatable bonds is 2. The molecular formula is C8H16O5. The second-order valence-corrected chi connectivity index (χ2v) is 3.41. The molecule has 0 aromatic heterocycles. The number of hydrogen-bond donors (Lipinski definition) is 4. The fraction of sp³-hybridized carbons (Fsp3) is 1.00. The van der Waals surface area contributed by atoms with Crippen LogP contribution in [0, 0.1) is 0 Å². The first kappa shape index (κ1) is 10.9. The van der Waals surface area contributed by atoms with Crippen LogP contribution >= 0.6 is 0 Å². The van der Waals surface area contributed by atoms with Crippen LogP contribution in [0.1, 0.15) is 26.2 Å². The highest BCUT2D eigenvalue weighted by Crippen LogP contribution is 2.34. The molecule has 0 amide bonds. The van der Waals surface area contributed by atoms with Gasteiger partial charge in [-0.15, -0.1) is 0 Å². The molecule has 1 rings (SSSR count). The van der Waals surface area contributed by atoms with E-state index < -0.39 is 17.7 Å². The van der Waals surface area contributed by atoms with Crippen molar-refractivity contribution in [2.75, 3.05) is 6.61 Å². The molecule has 2 atom stereocenters. The average molecular weight is 192 g/mol. The van der Waals surface area contributed by atoms with Crippen molar-refractivity contribution in [2.24, 2.45) is 0 Å². The van der Waals surface area contributed by atoms with E-state index in [9.17, 15) is 20.4 Å². The van der Waals surface area contributed by atoms with E-state index in [4.69, 9.17) is 4.74 Å². The molecule has 5 heteroatoms. The molecule has 13 heavy (non-hydrogen) atoms. The quantitative estimate of drug-likeness (QED) is 0.419. The molecule has 4 N–H and O–H groups in total. The van der Waals surface area contributed by atoms with Gasteiger partial charge in [0.2, 0.25) is 11.6 Å². The van der Waals surface area contributed by atoms with Crippen molar-refractivity contribution in [3.8, 4) is 0 Å². The molecule has 0 aromatic carbocycles. The molecule has 78 valence electrons. The molecule has 1 fully saturated rings. The van der Waals surface area contributed by atoms with Gasteiger partial charge >= 0.3 is 0 Å². The summed E-state index contributed by atoms with van der Waals surface area (Å²) < 4.78 is 4.89. The van der Waals surface area contributed by atoms with Crippen LogP contribution in [-0.4, -0.2) is 44.7 Å². The number of aliphatic hydroxyl groups is 4. The molecule has 0 aromatic rings. The SMILES string of the molecule is CCCC1(O)OCCC(O)C1(O)O. The Morgan fingerprint density at radius 3 is 2.54 bits per heavy atom. The van der Waals surface area contributed by atoms with Crippen LogP contribution < -0.4 is 0 Å². The van der Waals surface area contributed by atoms with Gasteiger partial charge in [-0.05, 0) is 0 Å². The molecule has 1 aliphatic heterocycles. The van der Waals surface area contributed by atoms with Crippen LogP contribution in [0.3, 0.4) is 0 Å². The van der Waals surface area contributed by atoms with Crippen molar-refractivity contribution in [1.82, 2.24) is 0 Å². The predicted molar refractivity (Wildman–Crippen MR) is 43.6 cm³/mol. The van der Waals surface area contributed by atoms with Gasteiger partial charge in [-0.1, -0.05) is 13.3 Å². The summed E-state index contributed by atoms with van der Waals surface area (Å²) in [5, 5.41) is 37.8. The first-order chi connectivity index (χ1) is 5.94. The van der Waals surface area contributed by atoms with Gasteiger partial charge in [-0.2, -0.15) is 0 Å². The average Bonchev–Trinajstić information content (AvgIpc) is 2.02. The highest BCUT2D eigenvalue weighted by Gasteiger charge is 2.56. The summed E-state index contributed by atoms with van der Waals surface area (Å²) in [6.07, 6.45) is -0.639. The lowest BCUT2D eigenvalue weighted by Gasteiger charge is -2.45. The maximum absolute atomic E-state index is 9.69. The molecule has 0 radical (unpaired) electrons. The number of ether oxygens (including phenoxy) is 1. The third kappa shape index (κ3) is 1.70. The normalized spacial score (nSPS) is 39.0. The van der Waals surface area contributed by atoms with E-state index in [0.29, 0.717) is 6.42 Å². The topological polar surface area (TPSA) is 90.2 Å². The molecule has 1 aliphatic rings. The maximum Gasteiger partial charge on any atom is 0.245 e. The second-order valence-electron chi connectivity index (χ2n) is 3.41. The van der Waals surface area contributed by atoms with Gasteiger partial charge in [0.25, 0.3) is 0 Å². The van der Waals surface area contributed by atoms with E-state index >= 15 is 0 Å². The van der Waals surface area contributed by atoms with Crippen molar-refractivity contribution in [3.05, 3.63) is 0 Å². The lowest BCUT2D eigenvalue weighted by Crippen LogP contribution is -2.65. The Labute approximate surface area is 76.6 Å². The van der Waals surface area contributed by atoms with Crippen LogP contribution in [0.2, 0.25) is 0 Å². The minimum atomic E-state index is -2.57. The van der Waals surface area contributed by atoms with Crippen molar-refractivity contribution < 1.29 is 25.2 Å². The predicted octanol–water partition coefficient (Wildman–Crippen LogP) is -1.06.